The number of phosphoric acid groups is 2. The number of carbonyl (C=O) groups excluding carboxylic acids is 4. The van der Waals surface area contributed by atoms with Gasteiger partial charge in [-0.2, -0.15) is 0 Å². The average molecular weight is 1400 g/mol. The maximum atomic E-state index is 13.1. The number of aliphatic hydroxyl groups excluding tert-OH is 1. The fourth-order valence-corrected chi connectivity index (χ4v) is 13.1. The molecule has 19 heteroatoms. The van der Waals surface area contributed by atoms with Crippen LogP contribution in [0.3, 0.4) is 0 Å². The van der Waals surface area contributed by atoms with E-state index in [1.54, 1.807) is 0 Å². The van der Waals surface area contributed by atoms with E-state index >= 15 is 0 Å². The van der Waals surface area contributed by atoms with E-state index in [9.17, 15) is 43.2 Å². The van der Waals surface area contributed by atoms with E-state index in [2.05, 4.69) is 48.5 Å². The minimum absolute atomic E-state index is 0.105. The third-order valence-corrected chi connectivity index (χ3v) is 19.9. The van der Waals surface area contributed by atoms with Crippen molar-refractivity contribution in [3.63, 3.8) is 0 Å². The Bertz CT molecular complexity index is 1850. The van der Waals surface area contributed by atoms with E-state index < -0.39 is 97.5 Å². The molecule has 0 aliphatic heterocycles. The Morgan fingerprint density at radius 2 is 0.537 bits per heavy atom. The zero-order valence-corrected chi connectivity index (χ0v) is 63.9. The van der Waals surface area contributed by atoms with Crippen LogP contribution in [0.2, 0.25) is 0 Å². The van der Waals surface area contributed by atoms with Gasteiger partial charge >= 0.3 is 39.5 Å². The molecule has 0 rings (SSSR count). The van der Waals surface area contributed by atoms with Gasteiger partial charge in [-0.1, -0.05) is 337 Å². The number of phosphoric ester groups is 2. The molecule has 0 aromatic rings. The van der Waals surface area contributed by atoms with Crippen molar-refractivity contribution in [1.82, 2.24) is 0 Å². The molecule has 3 N–H and O–H groups in total. The average Bonchev–Trinajstić information content (AvgIpc) is 2.50. The van der Waals surface area contributed by atoms with Crippen LogP contribution in [0.25, 0.3) is 0 Å². The van der Waals surface area contributed by atoms with Crippen LogP contribution in [0.5, 0.6) is 0 Å². The summed E-state index contributed by atoms with van der Waals surface area (Å²) in [5.41, 5.74) is 0. The first-order valence-corrected chi connectivity index (χ1v) is 42.4. The van der Waals surface area contributed by atoms with Gasteiger partial charge in [0.05, 0.1) is 26.4 Å². The first-order valence-electron chi connectivity index (χ1n) is 39.4. The highest BCUT2D eigenvalue weighted by molar-refractivity contribution is 7.47. The van der Waals surface area contributed by atoms with Crippen molar-refractivity contribution in [2.75, 3.05) is 39.6 Å². The molecule has 0 saturated carbocycles. The number of unbranched alkanes of at least 4 members (excludes halogenated alkanes) is 41. The molecule has 0 aromatic carbocycles. The summed E-state index contributed by atoms with van der Waals surface area (Å²) in [7, 11) is -9.91. The normalized spacial score (nSPS) is 14.4. The topological polar surface area (TPSA) is 237 Å². The maximum absolute atomic E-state index is 13.1. The summed E-state index contributed by atoms with van der Waals surface area (Å²) >= 11 is 0. The van der Waals surface area contributed by atoms with Crippen LogP contribution in [0, 0.1) is 17.8 Å². The lowest BCUT2D eigenvalue weighted by molar-refractivity contribution is -0.161. The Morgan fingerprint density at radius 3 is 0.800 bits per heavy atom. The maximum Gasteiger partial charge on any atom is 0.472 e. The van der Waals surface area contributed by atoms with Crippen molar-refractivity contribution in [1.29, 1.82) is 0 Å². The van der Waals surface area contributed by atoms with Crippen LogP contribution in [-0.4, -0.2) is 96.7 Å². The molecule has 0 heterocycles. The summed E-state index contributed by atoms with van der Waals surface area (Å²) in [6.45, 7) is 11.9. The number of carbonyl (C=O) groups is 4. The highest BCUT2D eigenvalue weighted by Gasteiger charge is 2.30. The third-order valence-electron chi connectivity index (χ3n) is 18.0. The lowest BCUT2D eigenvalue weighted by Gasteiger charge is -2.21. The number of hydrogen-bond donors (Lipinski definition) is 3. The summed E-state index contributed by atoms with van der Waals surface area (Å²) in [4.78, 5) is 72.7. The molecule has 0 aromatic heterocycles. The second kappa shape index (κ2) is 66.6. The fourth-order valence-electron chi connectivity index (χ4n) is 11.6. The van der Waals surface area contributed by atoms with Crippen molar-refractivity contribution in [3.8, 4) is 0 Å². The number of ether oxygens (including phenoxy) is 4. The molecule has 17 nitrogen and oxygen atoms in total. The van der Waals surface area contributed by atoms with E-state index in [1.165, 1.54) is 186 Å². The minimum atomic E-state index is -4.96. The standard InChI is InChI=1S/C76H148O17P2/c1-8-10-11-12-33-43-50-57-73(78)86-63-71(93-76(81)60-53-46-39-32-31-36-42-49-56-69(7)9-2)65-90-94(82,83)88-61-70(77)62-89-95(84,85)91-66-72(92-75(80)59-52-45-38-30-26-22-18-14-16-20-24-28-35-41-48-55-68(5)6)64-87-74(79)58-51-44-37-29-25-21-17-13-15-19-23-27-34-40-47-54-67(3)4/h67-72,77H,8-66H2,1-7H3,(H,82,83)(H,84,85)/t69?,70-,71+,72+/m0/s1. The van der Waals surface area contributed by atoms with E-state index in [-0.39, 0.29) is 25.7 Å². The Kier molecular flexibility index (Phi) is 65.2. The molecule has 95 heavy (non-hydrogen) atoms. The van der Waals surface area contributed by atoms with Crippen LogP contribution < -0.4 is 0 Å². The molecule has 6 atom stereocenters. The second-order valence-electron chi connectivity index (χ2n) is 28.6. The van der Waals surface area contributed by atoms with E-state index in [4.69, 9.17) is 37.0 Å². The molecule has 0 spiro atoms. The first kappa shape index (κ1) is 93.1. The summed E-state index contributed by atoms with van der Waals surface area (Å²) in [6.07, 6.45) is 52.8. The molecule has 0 bridgehead atoms. The quantitative estimate of drug-likeness (QED) is 0.0222. The Balaban J connectivity index is 5.19. The van der Waals surface area contributed by atoms with Crippen LogP contribution in [0.15, 0.2) is 0 Å². The van der Waals surface area contributed by atoms with Crippen molar-refractivity contribution >= 4 is 39.5 Å². The highest BCUT2D eigenvalue weighted by atomic mass is 31.2. The van der Waals surface area contributed by atoms with Crippen LogP contribution >= 0.6 is 15.6 Å². The van der Waals surface area contributed by atoms with Gasteiger partial charge in [-0.25, -0.2) is 9.13 Å². The highest BCUT2D eigenvalue weighted by Crippen LogP contribution is 2.45. The summed E-state index contributed by atoms with van der Waals surface area (Å²) in [5.74, 6) is 0.255. The zero-order chi connectivity index (χ0) is 70.1. The van der Waals surface area contributed by atoms with Gasteiger partial charge in [-0.15, -0.1) is 0 Å². The van der Waals surface area contributed by atoms with E-state index in [1.807, 2.05) is 0 Å². The largest absolute Gasteiger partial charge is 0.472 e. The van der Waals surface area contributed by atoms with Gasteiger partial charge in [0.2, 0.25) is 0 Å². The SMILES string of the molecule is CCCCCCCCCC(=O)OC[C@H](COP(=O)(O)OC[C@H](O)COP(=O)(O)OC[C@@H](COC(=O)CCCCCCCCCCCCCCCCCC(C)C)OC(=O)CCCCCCCCCCCCCCCCCC(C)C)OC(=O)CCCCCCCCCCC(C)CC. The number of aliphatic hydroxyl groups is 1. The molecule has 0 aliphatic rings. The predicted molar refractivity (Wildman–Crippen MR) is 386 cm³/mol. The molecule has 0 saturated heterocycles. The van der Waals surface area contributed by atoms with Gasteiger partial charge < -0.3 is 33.8 Å². The number of rotatable bonds is 74. The lowest BCUT2D eigenvalue weighted by atomic mass is 9.99. The molecule has 0 amide bonds. The summed E-state index contributed by atoms with van der Waals surface area (Å²) in [5, 5.41) is 10.6. The minimum Gasteiger partial charge on any atom is -0.462 e. The second-order valence-corrected chi connectivity index (χ2v) is 31.5. The van der Waals surface area contributed by atoms with Crippen molar-refractivity contribution in [2.45, 2.75) is 407 Å². The Labute approximate surface area is 581 Å². The molecular formula is C76H148O17P2. The van der Waals surface area contributed by atoms with Gasteiger partial charge in [-0.05, 0) is 43.4 Å². The van der Waals surface area contributed by atoms with Crippen LogP contribution in [0.4, 0.5) is 0 Å². The zero-order valence-electron chi connectivity index (χ0n) is 62.1. The molecule has 564 valence electrons. The number of hydrogen-bond acceptors (Lipinski definition) is 15. The fraction of sp³-hybridized carbons (Fsp3) is 0.947. The molecule has 3 unspecified atom stereocenters. The van der Waals surface area contributed by atoms with Crippen molar-refractivity contribution in [3.05, 3.63) is 0 Å². The lowest BCUT2D eigenvalue weighted by Crippen LogP contribution is -2.30. The molecule has 0 radical (unpaired) electrons. The third kappa shape index (κ3) is 69.0. The summed E-state index contributed by atoms with van der Waals surface area (Å²) < 4.78 is 68.4. The van der Waals surface area contributed by atoms with Gasteiger partial charge in [-0.3, -0.25) is 37.3 Å². The Hall–Kier alpha value is -1.94. The van der Waals surface area contributed by atoms with Crippen molar-refractivity contribution in [2.24, 2.45) is 17.8 Å². The molecule has 0 fully saturated rings. The van der Waals surface area contributed by atoms with Gasteiger partial charge in [0.15, 0.2) is 12.2 Å². The van der Waals surface area contributed by atoms with Gasteiger partial charge in [0.1, 0.15) is 19.3 Å². The van der Waals surface area contributed by atoms with E-state index in [0.29, 0.717) is 25.7 Å². The van der Waals surface area contributed by atoms with Crippen LogP contribution in [0.1, 0.15) is 389 Å². The molecule has 0 aliphatic carbocycles. The van der Waals surface area contributed by atoms with E-state index in [0.717, 1.165) is 120 Å². The summed E-state index contributed by atoms with van der Waals surface area (Å²) in [6, 6.07) is 0. The predicted octanol–water partition coefficient (Wildman–Crippen LogP) is 22.2. The Morgan fingerprint density at radius 1 is 0.305 bits per heavy atom. The van der Waals surface area contributed by atoms with Gasteiger partial charge in [0, 0.05) is 25.7 Å². The first-order chi connectivity index (χ1) is 45.8. The molecular weight excluding hydrogens is 1250 g/mol. The van der Waals surface area contributed by atoms with Crippen LogP contribution in [-0.2, 0) is 65.4 Å². The smallest absolute Gasteiger partial charge is 0.462 e. The number of esters is 4. The van der Waals surface area contributed by atoms with Crippen molar-refractivity contribution < 1.29 is 80.2 Å². The monoisotopic (exact) mass is 1400 g/mol. The van der Waals surface area contributed by atoms with Gasteiger partial charge in [0.25, 0.3) is 0 Å².